The van der Waals surface area contributed by atoms with Crippen molar-refractivity contribution in [3.8, 4) is 5.75 Å². The Morgan fingerprint density at radius 3 is 3.06 bits per heavy atom. The normalized spacial score (nSPS) is 10.3. The van der Waals surface area contributed by atoms with Gasteiger partial charge in [-0.25, -0.2) is 4.98 Å². The van der Waals surface area contributed by atoms with Crippen LogP contribution in [0.2, 0.25) is 0 Å². The molecule has 96 valence electrons. The fraction of sp³-hybridized carbons (Fsp3) is 0.357. The van der Waals surface area contributed by atoms with Crippen molar-refractivity contribution in [1.82, 2.24) is 4.98 Å². The van der Waals surface area contributed by atoms with Crippen LogP contribution in [0.15, 0.2) is 35.8 Å². The van der Waals surface area contributed by atoms with Gasteiger partial charge in [0, 0.05) is 17.6 Å². The van der Waals surface area contributed by atoms with Crippen molar-refractivity contribution in [1.29, 1.82) is 0 Å². The third-order valence-electron chi connectivity index (χ3n) is 2.48. The summed E-state index contributed by atoms with van der Waals surface area (Å²) in [5.74, 6) is 1.67. The first-order valence-electron chi connectivity index (χ1n) is 6.24. The van der Waals surface area contributed by atoms with E-state index in [4.69, 9.17) is 4.74 Å². The Bertz CT molecular complexity index is 457. The molecular formula is C14H18N2OS. The molecule has 0 aromatic carbocycles. The summed E-state index contributed by atoms with van der Waals surface area (Å²) in [4.78, 5) is 5.70. The molecule has 0 aliphatic rings. The van der Waals surface area contributed by atoms with Crippen molar-refractivity contribution in [3.63, 3.8) is 0 Å². The Balaban J connectivity index is 1.87. The van der Waals surface area contributed by atoms with E-state index in [0.717, 1.165) is 37.6 Å². The van der Waals surface area contributed by atoms with Gasteiger partial charge in [0.15, 0.2) is 11.6 Å². The third-order valence-corrected chi connectivity index (χ3v) is 3.41. The molecule has 0 fully saturated rings. The van der Waals surface area contributed by atoms with Crippen molar-refractivity contribution in [2.45, 2.75) is 19.8 Å². The first-order valence-corrected chi connectivity index (χ1v) is 7.12. The molecule has 2 aromatic rings. The van der Waals surface area contributed by atoms with Crippen LogP contribution in [0, 0.1) is 0 Å². The van der Waals surface area contributed by atoms with E-state index in [1.807, 2.05) is 12.1 Å². The number of thiophene rings is 1. The molecule has 18 heavy (non-hydrogen) atoms. The lowest BCUT2D eigenvalue weighted by Crippen LogP contribution is -2.08. The molecule has 0 aliphatic heterocycles. The molecule has 0 radical (unpaired) electrons. The second kappa shape index (κ2) is 7.01. The number of aromatic nitrogens is 1. The zero-order valence-corrected chi connectivity index (χ0v) is 11.4. The minimum Gasteiger partial charge on any atom is -0.490 e. The number of anilines is 1. The first kappa shape index (κ1) is 12.9. The van der Waals surface area contributed by atoms with Gasteiger partial charge in [0.2, 0.25) is 0 Å². The molecule has 0 spiro atoms. The van der Waals surface area contributed by atoms with Crippen LogP contribution in [-0.4, -0.2) is 18.1 Å². The molecule has 0 aliphatic carbocycles. The summed E-state index contributed by atoms with van der Waals surface area (Å²) < 4.78 is 5.65. The summed E-state index contributed by atoms with van der Waals surface area (Å²) in [6.45, 7) is 3.70. The highest BCUT2D eigenvalue weighted by Crippen LogP contribution is 2.21. The average Bonchev–Trinajstić information content (AvgIpc) is 2.91. The van der Waals surface area contributed by atoms with E-state index < -0.39 is 0 Å². The lowest BCUT2D eigenvalue weighted by molar-refractivity contribution is 0.318. The first-order chi connectivity index (χ1) is 8.90. The highest BCUT2D eigenvalue weighted by atomic mass is 32.1. The summed E-state index contributed by atoms with van der Waals surface area (Å²) in [6, 6.07) is 8.08. The van der Waals surface area contributed by atoms with E-state index in [9.17, 15) is 0 Å². The number of hydrogen-bond donors (Lipinski definition) is 1. The van der Waals surface area contributed by atoms with Gasteiger partial charge in [-0.3, -0.25) is 0 Å². The quantitative estimate of drug-likeness (QED) is 0.828. The van der Waals surface area contributed by atoms with Crippen LogP contribution in [0.3, 0.4) is 0 Å². The number of ether oxygens (including phenoxy) is 1. The third kappa shape index (κ3) is 3.74. The fourth-order valence-corrected chi connectivity index (χ4v) is 2.32. The van der Waals surface area contributed by atoms with Gasteiger partial charge in [-0.15, -0.1) is 11.3 Å². The van der Waals surface area contributed by atoms with Crippen LogP contribution in [0.1, 0.15) is 18.2 Å². The Hall–Kier alpha value is -1.55. The molecule has 0 saturated carbocycles. The lowest BCUT2D eigenvalue weighted by atomic mass is 10.3. The van der Waals surface area contributed by atoms with Crippen LogP contribution in [0.4, 0.5) is 5.82 Å². The molecule has 2 aromatic heterocycles. The van der Waals surface area contributed by atoms with Gasteiger partial charge in [0.05, 0.1) is 6.61 Å². The van der Waals surface area contributed by atoms with E-state index in [2.05, 4.69) is 34.7 Å². The molecule has 4 heteroatoms. The Labute approximate surface area is 112 Å². The zero-order chi connectivity index (χ0) is 12.6. The SMILES string of the molecule is CCCOc1cccnc1NCCc1cccs1. The summed E-state index contributed by atoms with van der Waals surface area (Å²) >= 11 is 1.78. The van der Waals surface area contributed by atoms with Gasteiger partial charge in [-0.1, -0.05) is 13.0 Å². The van der Waals surface area contributed by atoms with Gasteiger partial charge in [-0.05, 0) is 36.4 Å². The van der Waals surface area contributed by atoms with E-state index >= 15 is 0 Å². The van der Waals surface area contributed by atoms with E-state index in [-0.39, 0.29) is 0 Å². The maximum atomic E-state index is 5.65. The number of nitrogens with one attached hydrogen (secondary N) is 1. The molecule has 0 atom stereocenters. The van der Waals surface area contributed by atoms with Gasteiger partial charge in [0.1, 0.15) is 0 Å². The molecule has 0 saturated heterocycles. The van der Waals surface area contributed by atoms with Gasteiger partial charge >= 0.3 is 0 Å². The highest BCUT2D eigenvalue weighted by molar-refractivity contribution is 7.09. The molecule has 0 unspecified atom stereocenters. The van der Waals surface area contributed by atoms with Crippen LogP contribution >= 0.6 is 11.3 Å². The molecule has 3 nitrogen and oxygen atoms in total. The van der Waals surface area contributed by atoms with Gasteiger partial charge in [0.25, 0.3) is 0 Å². The molecule has 2 heterocycles. The van der Waals surface area contributed by atoms with Crippen molar-refractivity contribution in [3.05, 3.63) is 40.7 Å². The van der Waals surface area contributed by atoms with Crippen molar-refractivity contribution in [2.24, 2.45) is 0 Å². The van der Waals surface area contributed by atoms with Crippen LogP contribution < -0.4 is 10.1 Å². The van der Waals surface area contributed by atoms with Crippen LogP contribution in [-0.2, 0) is 6.42 Å². The zero-order valence-electron chi connectivity index (χ0n) is 10.6. The number of nitrogens with zero attached hydrogens (tertiary/aromatic N) is 1. The van der Waals surface area contributed by atoms with E-state index in [1.165, 1.54) is 4.88 Å². The standard InChI is InChI=1S/C14H18N2OS/c1-2-10-17-13-6-3-8-15-14(13)16-9-7-12-5-4-11-18-12/h3-6,8,11H,2,7,9-10H2,1H3,(H,15,16). The Morgan fingerprint density at radius 1 is 1.33 bits per heavy atom. The highest BCUT2D eigenvalue weighted by Gasteiger charge is 2.03. The van der Waals surface area contributed by atoms with E-state index in [1.54, 1.807) is 17.5 Å². The van der Waals surface area contributed by atoms with Gasteiger partial charge < -0.3 is 10.1 Å². The predicted octanol–water partition coefficient (Wildman–Crippen LogP) is 3.59. The van der Waals surface area contributed by atoms with Crippen molar-refractivity contribution < 1.29 is 4.74 Å². The molecule has 1 N–H and O–H groups in total. The van der Waals surface area contributed by atoms with E-state index in [0.29, 0.717) is 0 Å². The van der Waals surface area contributed by atoms with Crippen molar-refractivity contribution >= 4 is 17.2 Å². The smallest absolute Gasteiger partial charge is 0.168 e. The maximum absolute atomic E-state index is 5.65. The summed E-state index contributed by atoms with van der Waals surface area (Å²) in [5.41, 5.74) is 0. The number of pyridine rings is 1. The summed E-state index contributed by atoms with van der Waals surface area (Å²) in [7, 11) is 0. The minimum absolute atomic E-state index is 0.727. The average molecular weight is 262 g/mol. The Morgan fingerprint density at radius 2 is 2.28 bits per heavy atom. The molecule has 0 bridgehead atoms. The van der Waals surface area contributed by atoms with Crippen LogP contribution in [0.25, 0.3) is 0 Å². The summed E-state index contributed by atoms with van der Waals surface area (Å²) in [6.07, 6.45) is 3.80. The van der Waals surface area contributed by atoms with Crippen molar-refractivity contribution in [2.75, 3.05) is 18.5 Å². The minimum atomic E-state index is 0.727. The predicted molar refractivity (Wildman–Crippen MR) is 76.5 cm³/mol. The monoisotopic (exact) mass is 262 g/mol. The molecule has 0 amide bonds. The number of hydrogen-bond acceptors (Lipinski definition) is 4. The second-order valence-corrected chi connectivity index (χ2v) is 4.99. The lowest BCUT2D eigenvalue weighted by Gasteiger charge is -2.11. The number of rotatable bonds is 7. The summed E-state index contributed by atoms with van der Waals surface area (Å²) in [5, 5.41) is 5.43. The van der Waals surface area contributed by atoms with Crippen LogP contribution in [0.5, 0.6) is 5.75 Å². The van der Waals surface area contributed by atoms with Gasteiger partial charge in [-0.2, -0.15) is 0 Å². The largest absolute Gasteiger partial charge is 0.490 e. The fourth-order valence-electron chi connectivity index (χ4n) is 1.61. The molecular weight excluding hydrogens is 244 g/mol. The Kier molecular flexibility index (Phi) is 5.02. The molecule has 2 rings (SSSR count). The topological polar surface area (TPSA) is 34.1 Å². The second-order valence-electron chi connectivity index (χ2n) is 3.95. The maximum Gasteiger partial charge on any atom is 0.168 e.